The van der Waals surface area contributed by atoms with Crippen LogP contribution in [0.25, 0.3) is 11.7 Å². The average Bonchev–Trinajstić information content (AvgIpc) is 3.42. The standard InChI is InChI=1S/C21H24N4O3/c26-18(23-21-25-24-20(28-21)17-12-7-13-27-17)14-22-19(15-8-3-1-4-9-15)16-10-5-2-6-11-16/h1,3-4,7-9,12-13,16,19,22H,2,5-6,10-11,14H2,(H,23,25,26). The van der Waals surface area contributed by atoms with E-state index in [9.17, 15) is 4.79 Å². The van der Waals surface area contributed by atoms with Gasteiger partial charge in [-0.3, -0.25) is 10.1 Å². The number of hydrogen-bond acceptors (Lipinski definition) is 6. The van der Waals surface area contributed by atoms with Crippen molar-refractivity contribution in [2.24, 2.45) is 5.92 Å². The molecule has 0 radical (unpaired) electrons. The van der Waals surface area contributed by atoms with E-state index in [4.69, 9.17) is 8.83 Å². The largest absolute Gasteiger partial charge is 0.459 e. The van der Waals surface area contributed by atoms with E-state index in [0.29, 0.717) is 11.7 Å². The first kappa shape index (κ1) is 18.4. The van der Waals surface area contributed by atoms with Crippen LogP contribution in [0.4, 0.5) is 6.01 Å². The third-order valence-corrected chi connectivity index (χ3v) is 5.17. The van der Waals surface area contributed by atoms with Gasteiger partial charge in [-0.15, -0.1) is 5.10 Å². The number of nitrogens with zero attached hydrogens (tertiary/aromatic N) is 2. The molecule has 0 bridgehead atoms. The Kier molecular flexibility index (Phi) is 5.82. The molecule has 1 atom stereocenters. The van der Waals surface area contributed by atoms with Crippen LogP contribution in [0.5, 0.6) is 0 Å². The first-order valence-corrected chi connectivity index (χ1v) is 9.75. The molecule has 3 aromatic rings. The van der Waals surface area contributed by atoms with Crippen LogP contribution in [0.3, 0.4) is 0 Å². The first-order chi connectivity index (χ1) is 13.8. The summed E-state index contributed by atoms with van der Waals surface area (Å²) in [6.45, 7) is 0.175. The Morgan fingerprint density at radius 3 is 2.64 bits per heavy atom. The van der Waals surface area contributed by atoms with Gasteiger partial charge in [0, 0.05) is 6.04 Å². The highest BCUT2D eigenvalue weighted by atomic mass is 16.4. The van der Waals surface area contributed by atoms with Crippen LogP contribution in [-0.2, 0) is 4.79 Å². The molecule has 1 fully saturated rings. The average molecular weight is 380 g/mol. The van der Waals surface area contributed by atoms with Crippen LogP contribution in [0, 0.1) is 5.92 Å². The van der Waals surface area contributed by atoms with E-state index in [1.165, 1.54) is 43.9 Å². The quantitative estimate of drug-likeness (QED) is 0.639. The van der Waals surface area contributed by atoms with E-state index in [1.54, 1.807) is 12.1 Å². The molecule has 7 heteroatoms. The molecule has 0 saturated heterocycles. The molecule has 1 unspecified atom stereocenters. The normalized spacial score (nSPS) is 16.0. The molecule has 1 saturated carbocycles. The zero-order valence-corrected chi connectivity index (χ0v) is 15.6. The van der Waals surface area contributed by atoms with Crippen LogP contribution in [0.15, 0.2) is 57.6 Å². The summed E-state index contributed by atoms with van der Waals surface area (Å²) >= 11 is 0. The second kappa shape index (κ2) is 8.84. The third kappa shape index (κ3) is 4.48. The van der Waals surface area contributed by atoms with Crippen LogP contribution in [0.2, 0.25) is 0 Å². The smallest absolute Gasteiger partial charge is 0.322 e. The van der Waals surface area contributed by atoms with Crippen molar-refractivity contribution < 1.29 is 13.6 Å². The summed E-state index contributed by atoms with van der Waals surface area (Å²) < 4.78 is 10.6. The molecule has 4 rings (SSSR count). The predicted octanol–water partition coefficient (Wildman–Crippen LogP) is 4.18. The number of nitrogens with one attached hydrogen (secondary N) is 2. The summed E-state index contributed by atoms with van der Waals surface area (Å²) in [4.78, 5) is 12.4. The van der Waals surface area contributed by atoms with Gasteiger partial charge in [0.2, 0.25) is 5.91 Å². The van der Waals surface area contributed by atoms with Gasteiger partial charge >= 0.3 is 6.01 Å². The molecular weight excluding hydrogens is 356 g/mol. The SMILES string of the molecule is O=C(CNC(c1ccccc1)C1CCCCC1)Nc1nnc(-c2ccco2)o1. The lowest BCUT2D eigenvalue weighted by Crippen LogP contribution is -2.35. The molecule has 1 aromatic carbocycles. The summed E-state index contributed by atoms with van der Waals surface area (Å²) in [6.07, 6.45) is 7.69. The van der Waals surface area contributed by atoms with E-state index >= 15 is 0 Å². The van der Waals surface area contributed by atoms with E-state index in [2.05, 4.69) is 33.0 Å². The molecule has 0 spiro atoms. The van der Waals surface area contributed by atoms with Crippen molar-refractivity contribution >= 4 is 11.9 Å². The molecule has 1 aliphatic rings. The number of carbonyl (C=O) groups is 1. The lowest BCUT2D eigenvalue weighted by molar-refractivity contribution is -0.115. The van der Waals surface area contributed by atoms with Gasteiger partial charge in [-0.1, -0.05) is 54.7 Å². The van der Waals surface area contributed by atoms with Gasteiger partial charge in [0.1, 0.15) is 0 Å². The fraction of sp³-hybridized carbons (Fsp3) is 0.381. The Morgan fingerprint density at radius 1 is 1.07 bits per heavy atom. The minimum Gasteiger partial charge on any atom is -0.459 e. The Labute approximate surface area is 163 Å². The number of benzene rings is 1. The summed E-state index contributed by atoms with van der Waals surface area (Å²) in [6, 6.07) is 14.0. The van der Waals surface area contributed by atoms with Crippen LogP contribution in [0.1, 0.15) is 43.7 Å². The molecule has 0 aliphatic heterocycles. The molecule has 2 aromatic heterocycles. The number of furan rings is 1. The fourth-order valence-electron chi connectivity index (χ4n) is 3.82. The van der Waals surface area contributed by atoms with Gasteiger partial charge in [0.25, 0.3) is 5.89 Å². The maximum atomic E-state index is 12.4. The molecule has 1 aliphatic carbocycles. The lowest BCUT2D eigenvalue weighted by atomic mass is 9.81. The highest BCUT2D eigenvalue weighted by Crippen LogP contribution is 2.34. The minimum atomic E-state index is -0.216. The molecular formula is C21H24N4O3. The summed E-state index contributed by atoms with van der Waals surface area (Å²) in [5, 5.41) is 13.8. The molecule has 2 heterocycles. The number of carbonyl (C=O) groups excluding carboxylic acids is 1. The van der Waals surface area contributed by atoms with Crippen molar-refractivity contribution in [2.45, 2.75) is 38.1 Å². The second-order valence-corrected chi connectivity index (χ2v) is 7.11. The van der Waals surface area contributed by atoms with Gasteiger partial charge in [-0.25, -0.2) is 0 Å². The number of anilines is 1. The summed E-state index contributed by atoms with van der Waals surface area (Å²) in [5.41, 5.74) is 1.22. The van der Waals surface area contributed by atoms with Gasteiger partial charge < -0.3 is 14.2 Å². The maximum Gasteiger partial charge on any atom is 0.322 e. The number of hydrogen-bond donors (Lipinski definition) is 2. The zero-order valence-electron chi connectivity index (χ0n) is 15.6. The van der Waals surface area contributed by atoms with Crippen molar-refractivity contribution in [3.8, 4) is 11.7 Å². The van der Waals surface area contributed by atoms with E-state index in [0.717, 1.165) is 0 Å². The van der Waals surface area contributed by atoms with Crippen molar-refractivity contribution in [1.29, 1.82) is 0 Å². The number of rotatable bonds is 7. The minimum absolute atomic E-state index is 0.0622. The van der Waals surface area contributed by atoms with E-state index < -0.39 is 0 Å². The Bertz CT molecular complexity index is 870. The van der Waals surface area contributed by atoms with Gasteiger partial charge in [-0.2, -0.15) is 0 Å². The highest BCUT2D eigenvalue weighted by molar-refractivity contribution is 5.90. The summed E-state index contributed by atoms with van der Waals surface area (Å²) in [5.74, 6) is 1.02. The van der Waals surface area contributed by atoms with Crippen LogP contribution < -0.4 is 10.6 Å². The Hall–Kier alpha value is -2.93. The monoisotopic (exact) mass is 380 g/mol. The molecule has 146 valence electrons. The highest BCUT2D eigenvalue weighted by Gasteiger charge is 2.25. The van der Waals surface area contributed by atoms with Gasteiger partial charge in [0.15, 0.2) is 5.76 Å². The van der Waals surface area contributed by atoms with Gasteiger partial charge in [-0.05, 0) is 36.5 Å². The zero-order chi connectivity index (χ0) is 19.2. The molecule has 7 nitrogen and oxygen atoms in total. The predicted molar refractivity (Wildman–Crippen MR) is 104 cm³/mol. The van der Waals surface area contributed by atoms with Crippen molar-refractivity contribution in [1.82, 2.24) is 15.5 Å². The maximum absolute atomic E-state index is 12.4. The summed E-state index contributed by atoms with van der Waals surface area (Å²) in [7, 11) is 0. The van der Waals surface area contributed by atoms with Crippen LogP contribution >= 0.6 is 0 Å². The van der Waals surface area contributed by atoms with Crippen molar-refractivity contribution in [2.75, 3.05) is 11.9 Å². The van der Waals surface area contributed by atoms with E-state index in [1.807, 2.05) is 18.2 Å². The Balaban J connectivity index is 1.37. The number of amides is 1. The molecule has 2 N–H and O–H groups in total. The number of aromatic nitrogens is 2. The van der Waals surface area contributed by atoms with E-state index in [-0.39, 0.29) is 30.4 Å². The molecule has 1 amide bonds. The second-order valence-electron chi connectivity index (χ2n) is 7.11. The van der Waals surface area contributed by atoms with Gasteiger partial charge in [0.05, 0.1) is 12.8 Å². The topological polar surface area (TPSA) is 93.2 Å². The third-order valence-electron chi connectivity index (χ3n) is 5.17. The first-order valence-electron chi connectivity index (χ1n) is 9.75. The Morgan fingerprint density at radius 2 is 1.89 bits per heavy atom. The lowest BCUT2D eigenvalue weighted by Gasteiger charge is -2.31. The fourth-order valence-corrected chi connectivity index (χ4v) is 3.82. The molecule has 28 heavy (non-hydrogen) atoms. The van der Waals surface area contributed by atoms with Crippen molar-refractivity contribution in [3.63, 3.8) is 0 Å². The van der Waals surface area contributed by atoms with Crippen LogP contribution in [-0.4, -0.2) is 22.6 Å². The van der Waals surface area contributed by atoms with Crippen molar-refractivity contribution in [3.05, 3.63) is 54.3 Å².